The highest BCUT2D eigenvalue weighted by Gasteiger charge is 2.30. The number of imidazole rings is 1. The molecule has 1 fully saturated rings. The lowest BCUT2D eigenvalue weighted by atomic mass is 10.3. The average molecular weight is 296 g/mol. The van der Waals surface area contributed by atoms with Gasteiger partial charge in [0, 0.05) is 25.0 Å². The van der Waals surface area contributed by atoms with Gasteiger partial charge in [-0.25, -0.2) is 24.2 Å². The Labute approximate surface area is 116 Å². The fourth-order valence-electron chi connectivity index (χ4n) is 2.49. The van der Waals surface area contributed by atoms with Gasteiger partial charge in [-0.05, 0) is 6.92 Å². The number of aromatic nitrogens is 3. The highest BCUT2D eigenvalue weighted by atomic mass is 32.2. The summed E-state index contributed by atoms with van der Waals surface area (Å²) in [7, 11) is -2.97. The molecule has 1 unspecified atom stereocenters. The third kappa shape index (κ3) is 2.18. The van der Waals surface area contributed by atoms with E-state index in [0.717, 1.165) is 0 Å². The van der Waals surface area contributed by atoms with Crippen LogP contribution in [0.2, 0.25) is 0 Å². The van der Waals surface area contributed by atoms with Crippen molar-refractivity contribution in [3.05, 3.63) is 18.6 Å². The molecule has 0 aromatic carbocycles. The van der Waals surface area contributed by atoms with E-state index >= 15 is 0 Å². The lowest BCUT2D eigenvalue weighted by Gasteiger charge is -2.34. The van der Waals surface area contributed by atoms with Crippen LogP contribution in [0.4, 0.5) is 11.6 Å². The molecule has 1 aliphatic rings. The van der Waals surface area contributed by atoms with Crippen LogP contribution in [-0.2, 0) is 9.84 Å². The van der Waals surface area contributed by atoms with Crippen molar-refractivity contribution in [2.45, 2.75) is 13.0 Å². The molecule has 20 heavy (non-hydrogen) atoms. The molecular weight excluding hydrogens is 280 g/mol. The monoisotopic (exact) mass is 296 g/mol. The molecule has 0 saturated carbocycles. The van der Waals surface area contributed by atoms with E-state index in [4.69, 9.17) is 5.84 Å². The van der Waals surface area contributed by atoms with E-state index in [-0.39, 0.29) is 17.5 Å². The van der Waals surface area contributed by atoms with Crippen LogP contribution < -0.4 is 16.2 Å². The molecule has 9 heteroatoms. The largest absolute Gasteiger partial charge is 0.349 e. The number of hydrazine groups is 1. The van der Waals surface area contributed by atoms with Crippen LogP contribution in [0.5, 0.6) is 0 Å². The third-order valence-corrected chi connectivity index (χ3v) is 5.24. The number of nitrogens with one attached hydrogen (secondary N) is 1. The molecule has 1 atom stereocenters. The second-order valence-electron chi connectivity index (χ2n) is 4.91. The minimum Gasteiger partial charge on any atom is -0.349 e. The quantitative estimate of drug-likeness (QED) is 0.575. The molecule has 108 valence electrons. The number of sulfone groups is 1. The zero-order chi connectivity index (χ0) is 14.3. The molecule has 1 aliphatic heterocycles. The van der Waals surface area contributed by atoms with Gasteiger partial charge in [-0.3, -0.25) is 0 Å². The van der Waals surface area contributed by atoms with Crippen molar-refractivity contribution in [3.63, 3.8) is 0 Å². The fraction of sp³-hybridized carbons (Fsp3) is 0.455. The molecule has 0 amide bonds. The van der Waals surface area contributed by atoms with E-state index in [2.05, 4.69) is 15.4 Å². The van der Waals surface area contributed by atoms with Crippen LogP contribution in [0.25, 0.3) is 5.65 Å². The van der Waals surface area contributed by atoms with Crippen molar-refractivity contribution < 1.29 is 8.42 Å². The fourth-order valence-corrected chi connectivity index (χ4v) is 4.05. The van der Waals surface area contributed by atoms with Gasteiger partial charge in [0.2, 0.25) is 0 Å². The van der Waals surface area contributed by atoms with Gasteiger partial charge >= 0.3 is 0 Å². The van der Waals surface area contributed by atoms with Crippen molar-refractivity contribution in [3.8, 4) is 0 Å². The number of hydrogen-bond donors (Lipinski definition) is 2. The SMILES string of the molecule is CC1CS(=O)(=O)CCN1c1nc(NN)cn2ccnc12. The molecule has 0 aliphatic carbocycles. The van der Waals surface area contributed by atoms with Gasteiger partial charge in [-0.1, -0.05) is 0 Å². The van der Waals surface area contributed by atoms with Crippen LogP contribution in [0.15, 0.2) is 18.6 Å². The summed E-state index contributed by atoms with van der Waals surface area (Å²) in [5, 5.41) is 0. The molecule has 3 rings (SSSR count). The highest BCUT2D eigenvalue weighted by molar-refractivity contribution is 7.91. The molecule has 0 bridgehead atoms. The van der Waals surface area contributed by atoms with Crippen LogP contribution in [0, 0.1) is 0 Å². The Balaban J connectivity index is 2.07. The molecule has 3 heterocycles. The summed E-state index contributed by atoms with van der Waals surface area (Å²) in [6.45, 7) is 2.29. The Hall–Kier alpha value is -1.87. The Bertz CT molecular complexity index is 740. The van der Waals surface area contributed by atoms with Gasteiger partial charge < -0.3 is 14.7 Å². The molecular formula is C11H16N6O2S. The summed E-state index contributed by atoms with van der Waals surface area (Å²) in [6.07, 6.45) is 5.20. The Kier molecular flexibility index (Phi) is 3.02. The predicted molar refractivity (Wildman–Crippen MR) is 76.3 cm³/mol. The van der Waals surface area contributed by atoms with Gasteiger partial charge in [0.1, 0.15) is 0 Å². The number of nitrogens with two attached hydrogens (primary N) is 1. The van der Waals surface area contributed by atoms with Crippen molar-refractivity contribution in [1.29, 1.82) is 0 Å². The standard InChI is InChI=1S/C11H16N6O2S/c1-8-7-20(18,19)5-4-17(8)11-10-13-2-3-16(10)6-9(14-11)15-12/h2-3,6,8,15H,4-5,7,12H2,1H3. The van der Waals surface area contributed by atoms with E-state index in [9.17, 15) is 8.42 Å². The smallest absolute Gasteiger partial charge is 0.180 e. The van der Waals surface area contributed by atoms with Gasteiger partial charge in [0.25, 0.3) is 0 Å². The molecule has 0 spiro atoms. The summed E-state index contributed by atoms with van der Waals surface area (Å²) >= 11 is 0. The van der Waals surface area contributed by atoms with Gasteiger partial charge in [0.15, 0.2) is 27.1 Å². The van der Waals surface area contributed by atoms with Gasteiger partial charge in [-0.15, -0.1) is 0 Å². The number of hydrogen-bond acceptors (Lipinski definition) is 7. The van der Waals surface area contributed by atoms with Gasteiger partial charge in [0.05, 0.1) is 17.7 Å². The predicted octanol–water partition coefficient (Wildman–Crippen LogP) is -0.362. The minimum absolute atomic E-state index is 0.127. The number of rotatable bonds is 2. The average Bonchev–Trinajstić information content (AvgIpc) is 2.85. The summed E-state index contributed by atoms with van der Waals surface area (Å²) in [4.78, 5) is 10.7. The molecule has 1 saturated heterocycles. The lowest BCUT2D eigenvalue weighted by Crippen LogP contribution is -2.47. The number of anilines is 2. The molecule has 2 aromatic heterocycles. The van der Waals surface area contributed by atoms with Crippen molar-refractivity contribution in [2.75, 3.05) is 28.4 Å². The third-order valence-electron chi connectivity index (χ3n) is 3.45. The topological polar surface area (TPSA) is 106 Å². The highest BCUT2D eigenvalue weighted by Crippen LogP contribution is 2.25. The first-order valence-electron chi connectivity index (χ1n) is 6.27. The van der Waals surface area contributed by atoms with Crippen molar-refractivity contribution in [1.82, 2.24) is 14.4 Å². The van der Waals surface area contributed by atoms with Crippen LogP contribution in [-0.4, -0.2) is 46.9 Å². The Morgan fingerprint density at radius 2 is 2.30 bits per heavy atom. The minimum atomic E-state index is -2.97. The molecule has 2 aromatic rings. The maximum Gasteiger partial charge on any atom is 0.180 e. The molecule has 0 radical (unpaired) electrons. The van der Waals surface area contributed by atoms with E-state index in [0.29, 0.717) is 23.8 Å². The van der Waals surface area contributed by atoms with Crippen molar-refractivity contribution in [2.24, 2.45) is 5.84 Å². The number of nitrogens with zero attached hydrogens (tertiary/aromatic N) is 4. The summed E-state index contributed by atoms with van der Waals surface area (Å²) in [5.41, 5.74) is 3.20. The summed E-state index contributed by atoms with van der Waals surface area (Å²) in [6, 6.07) is -0.144. The first kappa shape index (κ1) is 13.1. The lowest BCUT2D eigenvalue weighted by molar-refractivity contribution is 0.567. The second kappa shape index (κ2) is 4.60. The summed E-state index contributed by atoms with van der Waals surface area (Å²) < 4.78 is 25.2. The zero-order valence-corrected chi connectivity index (χ0v) is 11.8. The maximum atomic E-state index is 11.7. The van der Waals surface area contributed by atoms with E-state index < -0.39 is 9.84 Å². The van der Waals surface area contributed by atoms with Gasteiger partial charge in [-0.2, -0.15) is 0 Å². The van der Waals surface area contributed by atoms with Crippen LogP contribution >= 0.6 is 0 Å². The first-order chi connectivity index (χ1) is 9.50. The second-order valence-corrected chi connectivity index (χ2v) is 7.14. The van der Waals surface area contributed by atoms with E-state index in [1.54, 1.807) is 18.6 Å². The van der Waals surface area contributed by atoms with Crippen molar-refractivity contribution >= 4 is 27.1 Å². The maximum absolute atomic E-state index is 11.7. The number of nitrogen functional groups attached to an aromatic ring is 1. The Morgan fingerprint density at radius 3 is 3.00 bits per heavy atom. The molecule has 3 N–H and O–H groups in total. The molecule has 8 nitrogen and oxygen atoms in total. The van der Waals surface area contributed by atoms with Crippen LogP contribution in [0.1, 0.15) is 6.92 Å². The normalized spacial score (nSPS) is 22.1. The summed E-state index contributed by atoms with van der Waals surface area (Å²) in [5.74, 6) is 6.83. The Morgan fingerprint density at radius 1 is 1.50 bits per heavy atom. The number of fused-ring (bicyclic) bond motifs is 1. The van der Waals surface area contributed by atoms with E-state index in [1.165, 1.54) is 0 Å². The zero-order valence-electron chi connectivity index (χ0n) is 11.0. The van der Waals surface area contributed by atoms with E-state index in [1.807, 2.05) is 16.2 Å². The van der Waals surface area contributed by atoms with Crippen LogP contribution in [0.3, 0.4) is 0 Å². The first-order valence-corrected chi connectivity index (χ1v) is 8.10.